The normalized spacial score (nSPS) is 11.9. The average Bonchev–Trinajstić information content (AvgIpc) is 2.25. The van der Waals surface area contributed by atoms with Gasteiger partial charge < -0.3 is 20.9 Å². The topological polar surface area (TPSA) is 84.6 Å². The lowest BCUT2D eigenvalue weighted by molar-refractivity contribution is -0.127. The number of phenols is 1. The first-order valence-electron chi connectivity index (χ1n) is 5.08. The largest absolute Gasteiger partial charge is 0.506 e. The first-order chi connectivity index (χ1) is 7.56. The molecule has 5 heteroatoms. The fraction of sp³-hybridized carbons (Fsp3) is 0.364. The number of nitrogen functional groups attached to an aromatic ring is 1. The van der Waals surface area contributed by atoms with Gasteiger partial charge in [-0.1, -0.05) is 6.07 Å². The quantitative estimate of drug-likeness (QED) is 0.523. The molecule has 0 saturated heterocycles. The number of carbonyl (C=O) groups excluding carboxylic acids is 1. The van der Waals surface area contributed by atoms with Crippen molar-refractivity contribution in [2.24, 2.45) is 0 Å². The molecule has 0 aromatic heterocycles. The van der Waals surface area contributed by atoms with E-state index in [0.29, 0.717) is 12.3 Å². The molecule has 1 aromatic rings. The van der Waals surface area contributed by atoms with Crippen molar-refractivity contribution in [3.63, 3.8) is 0 Å². The maximum atomic E-state index is 11.4. The summed E-state index contributed by atoms with van der Waals surface area (Å²) in [5, 5.41) is 12.0. The number of anilines is 1. The van der Waals surface area contributed by atoms with Crippen LogP contribution < -0.4 is 15.8 Å². The van der Waals surface area contributed by atoms with Crippen LogP contribution in [0.25, 0.3) is 0 Å². The van der Waals surface area contributed by atoms with E-state index in [-0.39, 0.29) is 17.3 Å². The van der Waals surface area contributed by atoms with Gasteiger partial charge in [0.15, 0.2) is 6.10 Å². The van der Waals surface area contributed by atoms with Crippen molar-refractivity contribution >= 4 is 11.6 Å². The minimum Gasteiger partial charge on any atom is -0.506 e. The molecule has 0 radical (unpaired) electrons. The molecule has 1 atom stereocenters. The van der Waals surface area contributed by atoms with Crippen LogP contribution in [0.3, 0.4) is 0 Å². The van der Waals surface area contributed by atoms with Crippen molar-refractivity contribution in [3.05, 3.63) is 18.2 Å². The second kappa shape index (κ2) is 5.25. The van der Waals surface area contributed by atoms with Crippen molar-refractivity contribution in [2.75, 3.05) is 12.3 Å². The zero-order valence-corrected chi connectivity index (χ0v) is 9.36. The summed E-state index contributed by atoms with van der Waals surface area (Å²) in [6.07, 6.45) is -0.649. The van der Waals surface area contributed by atoms with Crippen molar-refractivity contribution in [3.8, 4) is 11.5 Å². The number of rotatable bonds is 4. The van der Waals surface area contributed by atoms with Crippen LogP contribution in [0, 0.1) is 0 Å². The van der Waals surface area contributed by atoms with Crippen molar-refractivity contribution in [1.29, 1.82) is 0 Å². The first kappa shape index (κ1) is 12.2. The number of para-hydroxylation sites is 1. The maximum absolute atomic E-state index is 11.4. The smallest absolute Gasteiger partial charge is 0.260 e. The molecule has 1 unspecified atom stereocenters. The summed E-state index contributed by atoms with van der Waals surface area (Å²) in [6.45, 7) is 3.99. The number of hydrogen-bond acceptors (Lipinski definition) is 4. The summed E-state index contributed by atoms with van der Waals surface area (Å²) in [7, 11) is 0. The Kier molecular flexibility index (Phi) is 3.99. The number of ether oxygens (including phenoxy) is 1. The molecule has 4 N–H and O–H groups in total. The molecule has 1 rings (SSSR count). The van der Waals surface area contributed by atoms with E-state index in [4.69, 9.17) is 10.5 Å². The van der Waals surface area contributed by atoms with Gasteiger partial charge in [-0.2, -0.15) is 0 Å². The van der Waals surface area contributed by atoms with Crippen LogP contribution in [-0.2, 0) is 4.79 Å². The van der Waals surface area contributed by atoms with Gasteiger partial charge in [0, 0.05) is 6.54 Å². The third-order valence-corrected chi connectivity index (χ3v) is 2.07. The lowest BCUT2D eigenvalue weighted by Crippen LogP contribution is -2.36. The Morgan fingerprint density at radius 1 is 1.62 bits per heavy atom. The summed E-state index contributed by atoms with van der Waals surface area (Å²) in [5.74, 6) is 0.0320. The van der Waals surface area contributed by atoms with Gasteiger partial charge in [0.1, 0.15) is 17.2 Å². The van der Waals surface area contributed by atoms with Crippen LogP contribution in [0.15, 0.2) is 18.2 Å². The van der Waals surface area contributed by atoms with E-state index < -0.39 is 6.10 Å². The number of phenolic OH excluding ortho intramolecular Hbond substituents is 1. The number of nitrogens with one attached hydrogen (secondary N) is 1. The fourth-order valence-corrected chi connectivity index (χ4v) is 1.20. The number of nitrogens with two attached hydrogens (primary N) is 1. The number of amides is 1. The van der Waals surface area contributed by atoms with E-state index >= 15 is 0 Å². The molecule has 0 aliphatic heterocycles. The zero-order valence-electron chi connectivity index (χ0n) is 9.36. The molecule has 5 nitrogen and oxygen atoms in total. The minimum absolute atomic E-state index is 0.0550. The molecule has 1 amide bonds. The number of carbonyl (C=O) groups is 1. The van der Waals surface area contributed by atoms with Crippen molar-refractivity contribution in [1.82, 2.24) is 5.32 Å². The van der Waals surface area contributed by atoms with Crippen LogP contribution in [0.1, 0.15) is 13.8 Å². The first-order valence-corrected chi connectivity index (χ1v) is 5.08. The van der Waals surface area contributed by atoms with Crippen molar-refractivity contribution < 1.29 is 14.6 Å². The van der Waals surface area contributed by atoms with Gasteiger partial charge in [-0.15, -0.1) is 0 Å². The third-order valence-electron chi connectivity index (χ3n) is 2.07. The van der Waals surface area contributed by atoms with Crippen LogP contribution in [-0.4, -0.2) is 23.7 Å². The summed E-state index contributed by atoms with van der Waals surface area (Å²) < 4.78 is 5.34. The average molecular weight is 224 g/mol. The van der Waals surface area contributed by atoms with Crippen LogP contribution in [0.4, 0.5) is 5.69 Å². The molecule has 0 saturated carbocycles. The highest BCUT2D eigenvalue weighted by Crippen LogP contribution is 2.30. The van der Waals surface area contributed by atoms with E-state index in [0.717, 1.165) is 0 Å². The van der Waals surface area contributed by atoms with Gasteiger partial charge in [0.2, 0.25) is 0 Å². The molecule has 16 heavy (non-hydrogen) atoms. The van der Waals surface area contributed by atoms with E-state index in [1.54, 1.807) is 19.1 Å². The van der Waals surface area contributed by atoms with Crippen LogP contribution >= 0.6 is 0 Å². The third kappa shape index (κ3) is 2.79. The molecular weight excluding hydrogens is 208 g/mol. The standard InChI is InChI=1S/C11H16N2O3/c1-3-13-11(15)7(2)16-9-6-4-5-8(14)10(9)12/h4-7,14H,3,12H2,1-2H3,(H,13,15). The van der Waals surface area contributed by atoms with Gasteiger partial charge in [-0.3, -0.25) is 4.79 Å². The summed E-state index contributed by atoms with van der Waals surface area (Å²) >= 11 is 0. The molecule has 0 spiro atoms. The van der Waals surface area contributed by atoms with E-state index in [1.807, 2.05) is 6.92 Å². The van der Waals surface area contributed by atoms with Gasteiger partial charge in [-0.05, 0) is 26.0 Å². The second-order valence-corrected chi connectivity index (χ2v) is 3.34. The number of hydrogen-bond donors (Lipinski definition) is 3. The molecule has 0 fully saturated rings. The lowest BCUT2D eigenvalue weighted by atomic mass is 10.2. The Morgan fingerprint density at radius 2 is 2.31 bits per heavy atom. The number of aromatic hydroxyl groups is 1. The number of benzene rings is 1. The Labute approximate surface area is 94.2 Å². The Hall–Kier alpha value is -1.91. The maximum Gasteiger partial charge on any atom is 0.260 e. The molecular formula is C11H16N2O3. The van der Waals surface area contributed by atoms with E-state index in [9.17, 15) is 9.90 Å². The molecule has 0 aliphatic carbocycles. The highest BCUT2D eigenvalue weighted by molar-refractivity contribution is 5.81. The molecule has 0 bridgehead atoms. The van der Waals surface area contributed by atoms with Crippen LogP contribution in [0.2, 0.25) is 0 Å². The highest BCUT2D eigenvalue weighted by Gasteiger charge is 2.15. The van der Waals surface area contributed by atoms with Gasteiger partial charge >= 0.3 is 0 Å². The Morgan fingerprint density at radius 3 is 2.94 bits per heavy atom. The summed E-state index contributed by atoms with van der Waals surface area (Å²) in [4.78, 5) is 11.4. The molecule has 0 heterocycles. The molecule has 1 aromatic carbocycles. The highest BCUT2D eigenvalue weighted by atomic mass is 16.5. The molecule has 0 aliphatic rings. The summed E-state index contributed by atoms with van der Waals surface area (Å²) in [5.41, 5.74) is 5.74. The lowest BCUT2D eigenvalue weighted by Gasteiger charge is -2.15. The monoisotopic (exact) mass is 224 g/mol. The Bertz CT molecular complexity index is 379. The fourth-order valence-electron chi connectivity index (χ4n) is 1.20. The van der Waals surface area contributed by atoms with E-state index in [2.05, 4.69) is 5.32 Å². The summed E-state index contributed by atoms with van der Waals surface area (Å²) in [6, 6.07) is 4.66. The second-order valence-electron chi connectivity index (χ2n) is 3.34. The Balaban J connectivity index is 2.73. The zero-order chi connectivity index (χ0) is 12.1. The number of likely N-dealkylation sites (N-methyl/N-ethyl adjacent to an activating group) is 1. The van der Waals surface area contributed by atoms with E-state index in [1.165, 1.54) is 6.07 Å². The van der Waals surface area contributed by atoms with Crippen LogP contribution in [0.5, 0.6) is 11.5 Å². The predicted molar refractivity (Wildman–Crippen MR) is 61.3 cm³/mol. The molecule has 88 valence electrons. The SMILES string of the molecule is CCNC(=O)C(C)Oc1cccc(O)c1N. The van der Waals surface area contributed by atoms with Crippen molar-refractivity contribution in [2.45, 2.75) is 20.0 Å². The predicted octanol–water partition coefficient (Wildman–Crippen LogP) is 0.878. The van der Waals surface area contributed by atoms with Gasteiger partial charge in [0.25, 0.3) is 5.91 Å². The van der Waals surface area contributed by atoms with Gasteiger partial charge in [-0.25, -0.2) is 0 Å². The van der Waals surface area contributed by atoms with Gasteiger partial charge in [0.05, 0.1) is 0 Å². The minimum atomic E-state index is -0.649.